The Bertz CT molecular complexity index is 501. The minimum atomic E-state index is -0.360. The highest BCUT2D eigenvalue weighted by molar-refractivity contribution is 5.56. The van der Waals surface area contributed by atoms with E-state index in [2.05, 4.69) is 0 Å². The molecule has 1 rings (SSSR count). The van der Waals surface area contributed by atoms with Gasteiger partial charge in [0.2, 0.25) is 0 Å². The second-order valence-electron chi connectivity index (χ2n) is 4.24. The number of nitrogens with zero attached hydrogens (tertiary/aromatic N) is 1. The van der Waals surface area contributed by atoms with Gasteiger partial charge in [-0.25, -0.2) is 0 Å². The van der Waals surface area contributed by atoms with E-state index in [0.717, 1.165) is 0 Å². The number of hydrogen-bond acceptors (Lipinski definition) is 7. The third-order valence-electron chi connectivity index (χ3n) is 2.60. The van der Waals surface area contributed by atoms with Crippen molar-refractivity contribution in [2.45, 2.75) is 0 Å². The molecule has 1 radical (unpaired) electrons. The lowest BCUT2D eigenvalue weighted by Gasteiger charge is -2.14. The average Bonchev–Trinajstić information content (AvgIpc) is 2.55. The Labute approximate surface area is 135 Å². The molecule has 0 aliphatic rings. The van der Waals surface area contributed by atoms with E-state index in [9.17, 15) is 5.11 Å². The molecule has 0 heterocycles. The molecule has 8 heteroatoms. The largest absolute Gasteiger partial charge is 0.463 e. The fourth-order valence-electron chi connectivity index (χ4n) is 1.52. The molecule has 0 aliphatic heterocycles. The monoisotopic (exact) mass is 326 g/mol. The summed E-state index contributed by atoms with van der Waals surface area (Å²) in [5.41, 5.74) is 0.0692. The zero-order valence-corrected chi connectivity index (χ0v) is 13.2. The Hall–Kier alpha value is -2.05. The lowest BCUT2D eigenvalue weighted by molar-refractivity contribution is -0.0209. The van der Waals surface area contributed by atoms with Gasteiger partial charge < -0.3 is 28.4 Å². The molecule has 0 aromatic heterocycles. The third kappa shape index (κ3) is 7.17. The van der Waals surface area contributed by atoms with E-state index in [-0.39, 0.29) is 36.4 Å². The van der Waals surface area contributed by atoms with Crippen LogP contribution >= 0.6 is 0 Å². The smallest absolute Gasteiger partial charge is 0.189 e. The molecule has 0 saturated carbocycles. The zero-order valence-electron chi connectivity index (χ0n) is 13.2. The molecule has 0 bridgehead atoms. The van der Waals surface area contributed by atoms with Crippen molar-refractivity contribution in [1.29, 1.82) is 5.26 Å². The zero-order chi connectivity index (χ0) is 16.9. The molecule has 0 saturated heterocycles. The van der Waals surface area contributed by atoms with Crippen LogP contribution in [-0.2, 0) is 24.1 Å². The van der Waals surface area contributed by atoms with Gasteiger partial charge in [-0.15, -0.1) is 0 Å². The number of nitriles is 1. The van der Waals surface area contributed by atoms with Crippen LogP contribution < -0.4 is 9.47 Å². The molecule has 8 nitrogen and oxygen atoms in total. The highest BCUT2D eigenvalue weighted by Gasteiger charge is 2.15. The number of hydrogen-bond donors (Lipinski definition) is 0. The van der Waals surface area contributed by atoms with E-state index in [1.165, 1.54) is 12.1 Å². The van der Waals surface area contributed by atoms with Crippen molar-refractivity contribution in [3.63, 3.8) is 0 Å². The van der Waals surface area contributed by atoms with Crippen LogP contribution in [0.25, 0.3) is 0 Å². The quantitative estimate of drug-likeness (QED) is 0.426. The predicted molar refractivity (Wildman–Crippen MR) is 77.9 cm³/mol. The summed E-state index contributed by atoms with van der Waals surface area (Å²) in [6.45, 7) is 1.33. The summed E-state index contributed by atoms with van der Waals surface area (Å²) >= 11 is 0. The number of rotatable bonds is 12. The van der Waals surface area contributed by atoms with Crippen molar-refractivity contribution >= 4 is 0 Å². The standard InChI is InChI=1S/C15H20NO7/c1-18-3-5-20-10-22-14-8-13(17)7-12(9-16)15(14)23-11-21-6-4-19-2/h7-8H,3-6,10-11H2,1-2H3. The number of ether oxygens (including phenoxy) is 6. The van der Waals surface area contributed by atoms with Crippen molar-refractivity contribution in [2.75, 3.05) is 54.2 Å². The van der Waals surface area contributed by atoms with Crippen LogP contribution in [0.5, 0.6) is 17.2 Å². The van der Waals surface area contributed by atoms with Gasteiger partial charge in [-0.2, -0.15) is 5.26 Å². The maximum absolute atomic E-state index is 11.6. The van der Waals surface area contributed by atoms with E-state index in [1.54, 1.807) is 14.2 Å². The topological polar surface area (TPSA) is 99.1 Å². The van der Waals surface area contributed by atoms with Gasteiger partial charge >= 0.3 is 0 Å². The molecule has 0 aliphatic carbocycles. The fourth-order valence-corrected chi connectivity index (χ4v) is 1.52. The molecule has 127 valence electrons. The number of benzene rings is 1. The molecule has 0 spiro atoms. The van der Waals surface area contributed by atoms with Gasteiger partial charge in [0.25, 0.3) is 0 Å². The summed E-state index contributed by atoms with van der Waals surface area (Å²) < 4.78 is 30.8. The summed E-state index contributed by atoms with van der Waals surface area (Å²) in [7, 11) is 3.11. The lowest BCUT2D eigenvalue weighted by atomic mass is 10.2. The fraction of sp³-hybridized carbons (Fsp3) is 0.533. The minimum Gasteiger partial charge on any atom is -0.463 e. The maximum atomic E-state index is 11.6. The van der Waals surface area contributed by atoms with Crippen LogP contribution in [0.2, 0.25) is 0 Å². The van der Waals surface area contributed by atoms with Crippen molar-refractivity contribution in [3.05, 3.63) is 17.7 Å². The summed E-state index contributed by atoms with van der Waals surface area (Å²) in [6.07, 6.45) is 0. The minimum absolute atomic E-state index is 0.0692. The summed E-state index contributed by atoms with van der Waals surface area (Å²) in [4.78, 5) is 0. The average molecular weight is 326 g/mol. The van der Waals surface area contributed by atoms with E-state index < -0.39 is 0 Å². The Morgan fingerprint density at radius 3 is 2.13 bits per heavy atom. The van der Waals surface area contributed by atoms with Gasteiger partial charge in [0.15, 0.2) is 30.8 Å². The van der Waals surface area contributed by atoms with Crippen LogP contribution in [-0.4, -0.2) is 54.2 Å². The molecular weight excluding hydrogens is 306 g/mol. The van der Waals surface area contributed by atoms with Gasteiger partial charge in [-0.3, -0.25) is 5.11 Å². The summed E-state index contributed by atoms with van der Waals surface area (Å²) in [6, 6.07) is 4.29. The van der Waals surface area contributed by atoms with Crippen molar-refractivity contribution in [2.24, 2.45) is 0 Å². The molecule has 0 fully saturated rings. The van der Waals surface area contributed by atoms with Gasteiger partial charge in [-0.1, -0.05) is 0 Å². The van der Waals surface area contributed by atoms with E-state index in [4.69, 9.17) is 33.7 Å². The van der Waals surface area contributed by atoms with Crippen LogP contribution in [0.15, 0.2) is 12.1 Å². The second-order valence-corrected chi connectivity index (χ2v) is 4.24. The van der Waals surface area contributed by atoms with Gasteiger partial charge in [0.05, 0.1) is 26.4 Å². The van der Waals surface area contributed by atoms with Gasteiger partial charge in [-0.05, 0) is 0 Å². The normalized spacial score (nSPS) is 10.3. The highest BCUT2D eigenvalue weighted by Crippen LogP contribution is 2.35. The third-order valence-corrected chi connectivity index (χ3v) is 2.60. The molecular formula is C15H20NO7. The van der Waals surface area contributed by atoms with Crippen LogP contribution in [0.4, 0.5) is 0 Å². The molecule has 1 aromatic rings. The summed E-state index contributed by atoms with van der Waals surface area (Å²) in [5, 5.41) is 20.7. The van der Waals surface area contributed by atoms with Crippen molar-refractivity contribution in [3.8, 4) is 23.3 Å². The SMILES string of the molecule is COCCOCOc1cc([O])cc(C#N)c1OCOCCOC. The molecule has 0 amide bonds. The predicted octanol–water partition coefficient (Wildman–Crippen LogP) is 1.70. The Morgan fingerprint density at radius 1 is 0.957 bits per heavy atom. The molecule has 23 heavy (non-hydrogen) atoms. The highest BCUT2D eigenvalue weighted by atomic mass is 16.7. The van der Waals surface area contributed by atoms with Crippen LogP contribution in [0.1, 0.15) is 5.56 Å². The first kappa shape index (κ1) is 19.0. The Kier molecular flexibility index (Phi) is 9.51. The van der Waals surface area contributed by atoms with Gasteiger partial charge in [0.1, 0.15) is 11.6 Å². The van der Waals surface area contributed by atoms with E-state index in [0.29, 0.717) is 26.4 Å². The van der Waals surface area contributed by atoms with Crippen molar-refractivity contribution in [1.82, 2.24) is 0 Å². The van der Waals surface area contributed by atoms with E-state index >= 15 is 0 Å². The molecule has 0 N–H and O–H groups in total. The molecule has 0 unspecified atom stereocenters. The first-order valence-electron chi connectivity index (χ1n) is 6.87. The van der Waals surface area contributed by atoms with Crippen LogP contribution in [0.3, 0.4) is 0 Å². The van der Waals surface area contributed by atoms with Crippen LogP contribution in [0, 0.1) is 11.3 Å². The maximum Gasteiger partial charge on any atom is 0.189 e. The first-order chi connectivity index (χ1) is 11.2. The molecule has 1 aromatic carbocycles. The van der Waals surface area contributed by atoms with E-state index in [1.807, 2.05) is 6.07 Å². The Balaban J connectivity index is 2.65. The summed E-state index contributed by atoms with van der Waals surface area (Å²) in [5.74, 6) is -0.0947. The second kappa shape index (κ2) is 11.5. The Morgan fingerprint density at radius 2 is 1.57 bits per heavy atom. The first-order valence-corrected chi connectivity index (χ1v) is 6.87. The molecule has 0 atom stereocenters. The van der Waals surface area contributed by atoms with Gasteiger partial charge in [0, 0.05) is 26.4 Å². The lowest BCUT2D eigenvalue weighted by Crippen LogP contribution is -2.11. The van der Waals surface area contributed by atoms with Crippen molar-refractivity contribution < 1.29 is 33.5 Å². The number of methoxy groups -OCH3 is 2.